The van der Waals surface area contributed by atoms with Crippen molar-refractivity contribution in [2.24, 2.45) is 17.6 Å². The van der Waals surface area contributed by atoms with E-state index in [4.69, 9.17) is 5.73 Å². The van der Waals surface area contributed by atoms with Crippen LogP contribution in [-0.2, 0) is 11.3 Å². The first-order valence-electron chi connectivity index (χ1n) is 8.98. The number of hydrogen-bond donors (Lipinski definition) is 2. The molecule has 2 fully saturated rings. The van der Waals surface area contributed by atoms with Gasteiger partial charge < -0.3 is 11.1 Å². The number of nitrogens with zero attached hydrogens (tertiary/aromatic N) is 1. The summed E-state index contributed by atoms with van der Waals surface area (Å²) in [4.78, 5) is 14.8. The quantitative estimate of drug-likeness (QED) is 0.824. The summed E-state index contributed by atoms with van der Waals surface area (Å²) in [5, 5.41) is 3.03. The molecule has 3 rings (SSSR count). The summed E-state index contributed by atoms with van der Waals surface area (Å²) in [7, 11) is 0. The number of carbonyl (C=O) groups is 1. The molecule has 3 N–H and O–H groups in total. The second-order valence-electron chi connectivity index (χ2n) is 7.44. The highest BCUT2D eigenvalue weighted by Crippen LogP contribution is 2.25. The molecule has 1 saturated heterocycles. The Kier molecular flexibility index (Phi) is 9.22. The van der Waals surface area contributed by atoms with Gasteiger partial charge in [-0.2, -0.15) is 0 Å². The maximum Gasteiger partial charge on any atom is 0.227 e. The van der Waals surface area contributed by atoms with E-state index in [1.54, 1.807) is 0 Å². The van der Waals surface area contributed by atoms with Gasteiger partial charge in [0.25, 0.3) is 0 Å². The van der Waals surface area contributed by atoms with Gasteiger partial charge in [-0.15, -0.1) is 24.8 Å². The van der Waals surface area contributed by atoms with Gasteiger partial charge in [0, 0.05) is 30.7 Å². The van der Waals surface area contributed by atoms with Gasteiger partial charge in [-0.1, -0.05) is 19.1 Å². The minimum absolute atomic E-state index is 0. The summed E-state index contributed by atoms with van der Waals surface area (Å²) in [6, 6.07) is 8.51. The third-order valence-corrected chi connectivity index (χ3v) is 5.21. The zero-order valence-electron chi connectivity index (χ0n) is 14.9. The molecule has 2 aliphatic rings. The molecule has 3 atom stereocenters. The van der Waals surface area contributed by atoms with E-state index in [0.717, 1.165) is 37.4 Å². The minimum atomic E-state index is 0. The molecule has 0 bridgehead atoms. The Morgan fingerprint density at radius 3 is 2.52 bits per heavy atom. The molecule has 1 saturated carbocycles. The maximum atomic E-state index is 12.2. The Balaban J connectivity index is 0.00000156. The van der Waals surface area contributed by atoms with E-state index < -0.39 is 0 Å². The van der Waals surface area contributed by atoms with Crippen molar-refractivity contribution in [3.8, 4) is 0 Å². The second kappa shape index (κ2) is 10.4. The van der Waals surface area contributed by atoms with E-state index in [9.17, 15) is 4.79 Å². The van der Waals surface area contributed by atoms with E-state index in [1.165, 1.54) is 31.5 Å². The lowest BCUT2D eigenvalue weighted by Gasteiger charge is -2.30. The summed E-state index contributed by atoms with van der Waals surface area (Å²) in [5.74, 6) is 1.01. The molecule has 1 aliphatic heterocycles. The largest absolute Gasteiger partial charge is 0.328 e. The zero-order valence-corrected chi connectivity index (χ0v) is 16.6. The van der Waals surface area contributed by atoms with Gasteiger partial charge in [0.05, 0.1) is 0 Å². The summed E-state index contributed by atoms with van der Waals surface area (Å²) in [5.41, 5.74) is 8.10. The number of nitrogens with two attached hydrogens (primary N) is 1. The molecule has 1 aliphatic carbocycles. The third kappa shape index (κ3) is 6.45. The SMILES string of the molecule is CC1CCCN(Cc2ccc(NC(=O)C3CCC(N)C3)cc2)C1.Cl.Cl. The maximum absolute atomic E-state index is 12.2. The molecule has 3 unspecified atom stereocenters. The number of amides is 1. The van der Waals surface area contributed by atoms with Crippen molar-refractivity contribution in [3.63, 3.8) is 0 Å². The summed E-state index contributed by atoms with van der Waals surface area (Å²) in [6.07, 6.45) is 5.35. The highest BCUT2D eigenvalue weighted by Gasteiger charge is 2.27. The predicted molar refractivity (Wildman–Crippen MR) is 109 cm³/mol. The molecule has 1 aromatic carbocycles. The topological polar surface area (TPSA) is 58.4 Å². The van der Waals surface area contributed by atoms with E-state index in [2.05, 4.69) is 29.3 Å². The van der Waals surface area contributed by atoms with Crippen molar-refractivity contribution < 1.29 is 4.79 Å². The lowest BCUT2D eigenvalue weighted by Crippen LogP contribution is -2.33. The normalized spacial score (nSPS) is 26.4. The van der Waals surface area contributed by atoms with Gasteiger partial charge in [-0.05, 0) is 62.3 Å². The summed E-state index contributed by atoms with van der Waals surface area (Å²) in [6.45, 7) is 5.74. The van der Waals surface area contributed by atoms with Crippen LogP contribution in [0.5, 0.6) is 0 Å². The molecule has 0 spiro atoms. The van der Waals surface area contributed by atoms with E-state index >= 15 is 0 Å². The Bertz CT molecular complexity index is 538. The van der Waals surface area contributed by atoms with Crippen molar-refractivity contribution in [2.75, 3.05) is 18.4 Å². The number of benzene rings is 1. The fourth-order valence-electron chi connectivity index (χ4n) is 3.88. The number of likely N-dealkylation sites (tertiary alicyclic amines) is 1. The van der Waals surface area contributed by atoms with E-state index in [0.29, 0.717) is 0 Å². The number of piperidine rings is 1. The molecule has 0 aromatic heterocycles. The molecule has 6 heteroatoms. The summed E-state index contributed by atoms with van der Waals surface area (Å²) < 4.78 is 0. The highest BCUT2D eigenvalue weighted by molar-refractivity contribution is 5.92. The van der Waals surface area contributed by atoms with E-state index in [-0.39, 0.29) is 42.7 Å². The van der Waals surface area contributed by atoms with Crippen molar-refractivity contribution in [1.82, 2.24) is 4.90 Å². The molecule has 0 radical (unpaired) electrons. The van der Waals surface area contributed by atoms with Crippen molar-refractivity contribution >= 4 is 36.4 Å². The van der Waals surface area contributed by atoms with Crippen LogP contribution in [0.3, 0.4) is 0 Å². The Morgan fingerprint density at radius 1 is 1.20 bits per heavy atom. The van der Waals surface area contributed by atoms with Crippen LogP contribution in [0.25, 0.3) is 0 Å². The van der Waals surface area contributed by atoms with Gasteiger partial charge in [0.2, 0.25) is 5.91 Å². The number of anilines is 1. The first-order chi connectivity index (χ1) is 11.1. The van der Waals surface area contributed by atoms with Gasteiger partial charge in [-0.3, -0.25) is 9.69 Å². The average Bonchev–Trinajstić information content (AvgIpc) is 2.96. The van der Waals surface area contributed by atoms with Crippen molar-refractivity contribution in [2.45, 2.75) is 51.6 Å². The third-order valence-electron chi connectivity index (χ3n) is 5.21. The molecule has 142 valence electrons. The Hall–Kier alpha value is -0.810. The minimum Gasteiger partial charge on any atom is -0.328 e. The zero-order chi connectivity index (χ0) is 16.2. The van der Waals surface area contributed by atoms with Crippen LogP contribution in [0.4, 0.5) is 5.69 Å². The number of halogens is 2. The van der Waals surface area contributed by atoms with Gasteiger partial charge >= 0.3 is 0 Å². The van der Waals surface area contributed by atoms with Crippen LogP contribution in [0.2, 0.25) is 0 Å². The fraction of sp³-hybridized carbons (Fsp3) is 0.632. The highest BCUT2D eigenvalue weighted by atomic mass is 35.5. The molecule has 1 aromatic rings. The standard InChI is InChI=1S/C19H29N3O.2ClH/c1-14-3-2-10-22(12-14)13-15-4-8-18(9-5-15)21-19(23)16-6-7-17(20)11-16;;/h4-5,8-9,14,16-17H,2-3,6-7,10-13,20H2,1H3,(H,21,23);2*1H. The van der Waals surface area contributed by atoms with Crippen LogP contribution in [0, 0.1) is 11.8 Å². The lowest BCUT2D eigenvalue weighted by molar-refractivity contribution is -0.119. The smallest absolute Gasteiger partial charge is 0.227 e. The van der Waals surface area contributed by atoms with Gasteiger partial charge in [-0.25, -0.2) is 0 Å². The van der Waals surface area contributed by atoms with Crippen molar-refractivity contribution in [1.29, 1.82) is 0 Å². The van der Waals surface area contributed by atoms with Crippen molar-refractivity contribution in [3.05, 3.63) is 29.8 Å². The number of carbonyl (C=O) groups excluding carboxylic acids is 1. The predicted octanol–water partition coefficient (Wildman–Crippen LogP) is 3.83. The van der Waals surface area contributed by atoms with Crippen LogP contribution in [0.1, 0.15) is 44.6 Å². The number of hydrogen-bond acceptors (Lipinski definition) is 3. The van der Waals surface area contributed by atoms with Crippen LogP contribution >= 0.6 is 24.8 Å². The first kappa shape index (κ1) is 22.2. The Morgan fingerprint density at radius 2 is 1.92 bits per heavy atom. The second-order valence-corrected chi connectivity index (χ2v) is 7.44. The van der Waals surface area contributed by atoms with Crippen LogP contribution < -0.4 is 11.1 Å². The molecule has 25 heavy (non-hydrogen) atoms. The molecular formula is C19H31Cl2N3O. The molecular weight excluding hydrogens is 357 g/mol. The lowest BCUT2D eigenvalue weighted by atomic mass is 10.00. The molecule has 1 amide bonds. The summed E-state index contributed by atoms with van der Waals surface area (Å²) >= 11 is 0. The van der Waals surface area contributed by atoms with Gasteiger partial charge in [0.1, 0.15) is 0 Å². The average molecular weight is 388 g/mol. The van der Waals surface area contributed by atoms with Crippen LogP contribution in [-0.4, -0.2) is 29.9 Å². The monoisotopic (exact) mass is 387 g/mol. The van der Waals surface area contributed by atoms with Crippen LogP contribution in [0.15, 0.2) is 24.3 Å². The first-order valence-corrected chi connectivity index (χ1v) is 8.98. The molecule has 4 nitrogen and oxygen atoms in total. The Labute approximate surface area is 163 Å². The van der Waals surface area contributed by atoms with E-state index in [1.807, 2.05) is 12.1 Å². The fourth-order valence-corrected chi connectivity index (χ4v) is 3.88. The number of rotatable bonds is 4. The van der Waals surface area contributed by atoms with Gasteiger partial charge in [0.15, 0.2) is 0 Å². The molecule has 1 heterocycles. The number of nitrogens with one attached hydrogen (secondary N) is 1.